The topological polar surface area (TPSA) is 46.2 Å². The number of rotatable bonds is 2. The van der Waals surface area contributed by atoms with E-state index in [0.717, 1.165) is 6.29 Å². The molecule has 0 bridgehead atoms. The minimum Gasteiger partial charge on any atom is -0.340 e. The van der Waals surface area contributed by atoms with Gasteiger partial charge in [-0.05, 0) is 6.42 Å². The first kappa shape index (κ1) is 6.99. The highest BCUT2D eigenvalue weighted by molar-refractivity contribution is 5.87. The third-order valence-corrected chi connectivity index (χ3v) is 1.71. The maximum Gasteiger partial charge on any atom is 0.221 e. The standard InChI is InChI=1S/C7H9NO2/c1-2-7(5-9)4-3-6(10)8-7/h2,5H,1,3-4H2,(H,8,10)/t7-/m0/s1. The van der Waals surface area contributed by atoms with Gasteiger partial charge in [-0.1, -0.05) is 6.08 Å². The van der Waals surface area contributed by atoms with Crippen LogP contribution in [0, 0.1) is 0 Å². The van der Waals surface area contributed by atoms with E-state index in [0.29, 0.717) is 12.8 Å². The quantitative estimate of drug-likeness (QED) is 0.433. The fourth-order valence-electron chi connectivity index (χ4n) is 0.995. The summed E-state index contributed by atoms with van der Waals surface area (Å²) in [5.41, 5.74) is -0.767. The van der Waals surface area contributed by atoms with Gasteiger partial charge in [-0.25, -0.2) is 0 Å². The van der Waals surface area contributed by atoms with Gasteiger partial charge < -0.3 is 10.1 Å². The van der Waals surface area contributed by atoms with Crippen LogP contribution in [-0.4, -0.2) is 17.7 Å². The molecule has 1 rings (SSSR count). The van der Waals surface area contributed by atoms with Gasteiger partial charge in [-0.3, -0.25) is 4.79 Å². The van der Waals surface area contributed by atoms with Crippen LogP contribution in [0.25, 0.3) is 0 Å². The molecule has 3 nitrogen and oxygen atoms in total. The van der Waals surface area contributed by atoms with Gasteiger partial charge in [0.05, 0.1) is 0 Å². The number of hydrogen-bond acceptors (Lipinski definition) is 2. The number of amides is 1. The van der Waals surface area contributed by atoms with Crippen molar-refractivity contribution in [1.29, 1.82) is 0 Å². The number of carbonyl (C=O) groups is 2. The molecule has 1 fully saturated rings. The molecule has 0 aromatic rings. The maximum atomic E-state index is 10.7. The van der Waals surface area contributed by atoms with E-state index in [4.69, 9.17) is 0 Å². The first-order chi connectivity index (χ1) is 4.72. The zero-order chi connectivity index (χ0) is 7.61. The fraction of sp³-hybridized carbons (Fsp3) is 0.429. The first-order valence-electron chi connectivity index (χ1n) is 3.13. The molecule has 54 valence electrons. The summed E-state index contributed by atoms with van der Waals surface area (Å²) in [6, 6.07) is 0. The van der Waals surface area contributed by atoms with Gasteiger partial charge in [0, 0.05) is 6.42 Å². The molecule has 0 aliphatic carbocycles. The van der Waals surface area contributed by atoms with Crippen molar-refractivity contribution >= 4 is 12.2 Å². The van der Waals surface area contributed by atoms with Crippen LogP contribution in [0.3, 0.4) is 0 Å². The molecule has 1 aliphatic rings. The maximum absolute atomic E-state index is 10.7. The van der Waals surface area contributed by atoms with Crippen molar-refractivity contribution in [2.75, 3.05) is 0 Å². The molecule has 0 saturated carbocycles. The zero-order valence-electron chi connectivity index (χ0n) is 5.59. The van der Waals surface area contributed by atoms with E-state index in [2.05, 4.69) is 11.9 Å². The number of carbonyl (C=O) groups excluding carboxylic acids is 2. The van der Waals surface area contributed by atoms with Crippen LogP contribution in [0.1, 0.15) is 12.8 Å². The first-order valence-corrected chi connectivity index (χ1v) is 3.13. The lowest BCUT2D eigenvalue weighted by molar-refractivity contribution is -0.121. The van der Waals surface area contributed by atoms with E-state index >= 15 is 0 Å². The molecule has 0 radical (unpaired) electrons. The molecular weight excluding hydrogens is 130 g/mol. The third-order valence-electron chi connectivity index (χ3n) is 1.71. The summed E-state index contributed by atoms with van der Waals surface area (Å²) in [5.74, 6) is -0.0769. The summed E-state index contributed by atoms with van der Waals surface area (Å²) in [6.07, 6.45) is 3.17. The Morgan fingerprint density at radius 2 is 2.40 bits per heavy atom. The molecule has 0 aromatic carbocycles. The Labute approximate surface area is 59.1 Å². The van der Waals surface area contributed by atoms with E-state index in [1.807, 2.05) is 0 Å². The predicted molar refractivity (Wildman–Crippen MR) is 36.4 cm³/mol. The van der Waals surface area contributed by atoms with Crippen molar-refractivity contribution in [2.45, 2.75) is 18.4 Å². The minimum atomic E-state index is -0.767. The van der Waals surface area contributed by atoms with Crippen LogP contribution in [0.2, 0.25) is 0 Å². The molecule has 1 aliphatic heterocycles. The van der Waals surface area contributed by atoms with Gasteiger partial charge in [-0.15, -0.1) is 6.58 Å². The third kappa shape index (κ3) is 0.943. The second kappa shape index (κ2) is 2.25. The lowest BCUT2D eigenvalue weighted by Crippen LogP contribution is -2.40. The second-order valence-electron chi connectivity index (χ2n) is 2.41. The molecule has 0 spiro atoms. The molecule has 1 amide bonds. The van der Waals surface area contributed by atoms with E-state index in [-0.39, 0.29) is 5.91 Å². The van der Waals surface area contributed by atoms with Crippen LogP contribution >= 0.6 is 0 Å². The smallest absolute Gasteiger partial charge is 0.221 e. The number of hydrogen-bond donors (Lipinski definition) is 1. The van der Waals surface area contributed by atoms with Gasteiger partial charge >= 0.3 is 0 Å². The van der Waals surface area contributed by atoms with Crippen molar-refractivity contribution < 1.29 is 9.59 Å². The predicted octanol–water partition coefficient (Wildman–Crippen LogP) is 0.0201. The van der Waals surface area contributed by atoms with E-state index in [1.165, 1.54) is 6.08 Å². The highest BCUT2D eigenvalue weighted by Gasteiger charge is 2.34. The van der Waals surface area contributed by atoms with Gasteiger partial charge in [0.2, 0.25) is 5.91 Å². The molecule has 10 heavy (non-hydrogen) atoms. The van der Waals surface area contributed by atoms with Crippen molar-refractivity contribution in [2.24, 2.45) is 0 Å². The van der Waals surface area contributed by atoms with Crippen molar-refractivity contribution in [3.63, 3.8) is 0 Å². The van der Waals surface area contributed by atoms with E-state index < -0.39 is 5.54 Å². The lowest BCUT2D eigenvalue weighted by atomic mass is 10.0. The largest absolute Gasteiger partial charge is 0.340 e. The molecule has 0 aromatic heterocycles. The summed E-state index contributed by atoms with van der Waals surface area (Å²) in [5, 5.41) is 2.54. The summed E-state index contributed by atoms with van der Waals surface area (Å²) < 4.78 is 0. The molecule has 0 unspecified atom stereocenters. The van der Waals surface area contributed by atoms with Gasteiger partial charge in [0.1, 0.15) is 11.8 Å². The summed E-state index contributed by atoms with van der Waals surface area (Å²) >= 11 is 0. The monoisotopic (exact) mass is 139 g/mol. The number of nitrogens with one attached hydrogen (secondary N) is 1. The van der Waals surface area contributed by atoms with E-state index in [1.54, 1.807) is 0 Å². The number of aldehydes is 1. The Kier molecular flexibility index (Phi) is 1.57. The van der Waals surface area contributed by atoms with Crippen LogP contribution in [0.5, 0.6) is 0 Å². The van der Waals surface area contributed by atoms with Crippen LogP contribution in [0.4, 0.5) is 0 Å². The Bertz CT molecular complexity index is 178. The SMILES string of the molecule is C=C[C@@]1(C=O)CCC(=O)N1. The van der Waals surface area contributed by atoms with Gasteiger partial charge in [0.25, 0.3) is 0 Å². The fourth-order valence-corrected chi connectivity index (χ4v) is 0.995. The highest BCUT2D eigenvalue weighted by Crippen LogP contribution is 2.18. The molecule has 1 saturated heterocycles. The second-order valence-corrected chi connectivity index (χ2v) is 2.41. The van der Waals surface area contributed by atoms with Gasteiger partial charge in [0.15, 0.2) is 0 Å². The minimum absolute atomic E-state index is 0.0769. The van der Waals surface area contributed by atoms with Crippen LogP contribution in [-0.2, 0) is 9.59 Å². The van der Waals surface area contributed by atoms with Crippen molar-refractivity contribution in [1.82, 2.24) is 5.32 Å². The van der Waals surface area contributed by atoms with Crippen LogP contribution in [0.15, 0.2) is 12.7 Å². The molecule has 3 heteroatoms. The molecule has 1 heterocycles. The lowest BCUT2D eigenvalue weighted by Gasteiger charge is -2.15. The Morgan fingerprint density at radius 3 is 2.60 bits per heavy atom. The molecule has 1 N–H and O–H groups in total. The van der Waals surface area contributed by atoms with Crippen molar-refractivity contribution in [3.05, 3.63) is 12.7 Å². The Morgan fingerprint density at radius 1 is 1.70 bits per heavy atom. The summed E-state index contributed by atoms with van der Waals surface area (Å²) in [4.78, 5) is 21.1. The molecular formula is C7H9NO2. The van der Waals surface area contributed by atoms with Crippen molar-refractivity contribution in [3.8, 4) is 0 Å². The zero-order valence-corrected chi connectivity index (χ0v) is 5.59. The van der Waals surface area contributed by atoms with Gasteiger partial charge in [-0.2, -0.15) is 0 Å². The molecule has 1 atom stereocenters. The summed E-state index contributed by atoms with van der Waals surface area (Å²) in [6.45, 7) is 3.47. The average molecular weight is 139 g/mol. The Balaban J connectivity index is 2.77. The summed E-state index contributed by atoms with van der Waals surface area (Å²) in [7, 11) is 0. The van der Waals surface area contributed by atoms with E-state index in [9.17, 15) is 9.59 Å². The average Bonchev–Trinajstić information content (AvgIpc) is 2.33. The Hall–Kier alpha value is -1.12. The normalized spacial score (nSPS) is 31.4. The van der Waals surface area contributed by atoms with Crippen LogP contribution < -0.4 is 5.32 Å². The highest BCUT2D eigenvalue weighted by atomic mass is 16.2.